The number of para-hydroxylation sites is 1. The molecule has 1 heterocycles. The van der Waals surface area contributed by atoms with Crippen molar-refractivity contribution in [3.05, 3.63) is 83.9 Å². The van der Waals surface area contributed by atoms with E-state index in [0.29, 0.717) is 33.2 Å². The van der Waals surface area contributed by atoms with E-state index < -0.39 is 13.2 Å². The highest BCUT2D eigenvalue weighted by Gasteiger charge is 2.17. The second-order valence-corrected chi connectivity index (χ2v) is 7.00. The first kappa shape index (κ1) is 21.7. The molecule has 4 rings (SSSR count). The van der Waals surface area contributed by atoms with E-state index in [2.05, 4.69) is 14.6 Å². The Balaban J connectivity index is 1.85. The molecule has 32 heavy (non-hydrogen) atoms. The Labute approximate surface area is 185 Å². The van der Waals surface area contributed by atoms with Crippen LogP contribution in [0.25, 0.3) is 28.2 Å². The van der Waals surface area contributed by atoms with E-state index in [1.807, 2.05) is 0 Å². The molecule has 0 unspecified atom stereocenters. The SMILES string of the molecule is FC(F)Oc1cccc(-c2cc(-c3cccc(OC(F)F)c3)n(-c3ccccc3Cl)n2)c1. The van der Waals surface area contributed by atoms with Crippen LogP contribution in [-0.2, 0) is 0 Å². The summed E-state index contributed by atoms with van der Waals surface area (Å²) in [6.45, 7) is -5.93. The minimum absolute atomic E-state index is 0.0151. The van der Waals surface area contributed by atoms with E-state index in [1.54, 1.807) is 59.3 Å². The van der Waals surface area contributed by atoms with Gasteiger partial charge in [-0.05, 0) is 42.5 Å². The summed E-state index contributed by atoms with van der Waals surface area (Å²) in [4.78, 5) is 0. The number of rotatable bonds is 7. The van der Waals surface area contributed by atoms with Crippen LogP contribution >= 0.6 is 11.6 Å². The van der Waals surface area contributed by atoms with Gasteiger partial charge in [-0.1, -0.05) is 48.0 Å². The number of nitrogens with zero attached hydrogens (tertiary/aromatic N) is 2. The molecule has 4 aromatic rings. The lowest BCUT2D eigenvalue weighted by atomic mass is 10.1. The summed E-state index contributed by atoms with van der Waals surface area (Å²) in [5, 5.41) is 5.01. The largest absolute Gasteiger partial charge is 0.435 e. The number of benzene rings is 3. The fraction of sp³-hybridized carbons (Fsp3) is 0.0870. The molecule has 9 heteroatoms. The van der Waals surface area contributed by atoms with E-state index in [1.165, 1.54) is 24.3 Å². The van der Waals surface area contributed by atoms with Crippen molar-refractivity contribution in [3.63, 3.8) is 0 Å². The van der Waals surface area contributed by atoms with Gasteiger partial charge in [-0.3, -0.25) is 0 Å². The number of hydrogen-bond donors (Lipinski definition) is 0. The second kappa shape index (κ2) is 9.32. The van der Waals surface area contributed by atoms with Crippen LogP contribution in [0, 0.1) is 0 Å². The zero-order chi connectivity index (χ0) is 22.7. The molecular weight excluding hydrogens is 448 g/mol. The van der Waals surface area contributed by atoms with Crippen molar-refractivity contribution in [1.29, 1.82) is 0 Å². The lowest BCUT2D eigenvalue weighted by Gasteiger charge is -2.11. The first-order valence-electron chi connectivity index (χ1n) is 9.36. The first-order chi connectivity index (χ1) is 15.4. The Bertz CT molecular complexity index is 1230. The van der Waals surface area contributed by atoms with Gasteiger partial charge in [0.2, 0.25) is 0 Å². The second-order valence-electron chi connectivity index (χ2n) is 6.59. The third kappa shape index (κ3) is 4.86. The van der Waals surface area contributed by atoms with Crippen LogP contribution in [-0.4, -0.2) is 23.0 Å². The van der Waals surface area contributed by atoms with Crippen LogP contribution in [0.15, 0.2) is 78.9 Å². The molecule has 3 aromatic carbocycles. The summed E-state index contributed by atoms with van der Waals surface area (Å²) >= 11 is 6.37. The van der Waals surface area contributed by atoms with Crippen LogP contribution < -0.4 is 9.47 Å². The van der Waals surface area contributed by atoms with E-state index in [0.717, 1.165) is 0 Å². The summed E-state index contributed by atoms with van der Waals surface area (Å²) in [6, 6.07) is 20.9. The van der Waals surface area contributed by atoms with Gasteiger partial charge in [0.1, 0.15) is 11.5 Å². The van der Waals surface area contributed by atoms with E-state index in [4.69, 9.17) is 11.6 Å². The molecule has 0 amide bonds. The smallest absolute Gasteiger partial charge is 0.387 e. The maximum atomic E-state index is 12.7. The van der Waals surface area contributed by atoms with Crippen molar-refractivity contribution in [2.75, 3.05) is 0 Å². The Hall–Kier alpha value is -3.52. The molecule has 0 saturated carbocycles. The molecule has 0 aliphatic rings. The molecule has 0 N–H and O–H groups in total. The predicted molar refractivity (Wildman–Crippen MR) is 113 cm³/mol. The molecule has 0 spiro atoms. The standard InChI is InChI=1S/C23H15ClF4N2O2/c24-18-9-1-2-10-20(18)30-21(15-6-4-8-17(12-15)32-23(27)28)13-19(29-30)14-5-3-7-16(11-14)31-22(25)26/h1-13,22-23H. The predicted octanol–water partition coefficient (Wildman–Crippen LogP) is 7.06. The molecule has 0 fully saturated rings. The Kier molecular flexibility index (Phi) is 6.32. The van der Waals surface area contributed by atoms with Crippen molar-refractivity contribution in [2.45, 2.75) is 13.2 Å². The molecule has 0 atom stereocenters. The van der Waals surface area contributed by atoms with Gasteiger partial charge in [0, 0.05) is 11.1 Å². The third-order valence-corrected chi connectivity index (χ3v) is 4.82. The fourth-order valence-corrected chi connectivity index (χ4v) is 3.41. The van der Waals surface area contributed by atoms with Gasteiger partial charge in [0.15, 0.2) is 0 Å². The normalized spacial score (nSPS) is 11.2. The van der Waals surface area contributed by atoms with Gasteiger partial charge >= 0.3 is 13.2 Å². The average Bonchev–Trinajstić information content (AvgIpc) is 3.19. The minimum Gasteiger partial charge on any atom is -0.435 e. The van der Waals surface area contributed by atoms with Crippen molar-refractivity contribution < 1.29 is 27.0 Å². The molecule has 0 aliphatic carbocycles. The van der Waals surface area contributed by atoms with Gasteiger partial charge in [-0.25, -0.2) is 4.68 Å². The number of halogens is 5. The third-order valence-electron chi connectivity index (χ3n) is 4.50. The number of alkyl halides is 4. The van der Waals surface area contributed by atoms with Crippen LogP contribution in [0.1, 0.15) is 0 Å². The van der Waals surface area contributed by atoms with Crippen LogP contribution in [0.2, 0.25) is 5.02 Å². The first-order valence-corrected chi connectivity index (χ1v) is 9.74. The van der Waals surface area contributed by atoms with Crippen LogP contribution in [0.4, 0.5) is 17.6 Å². The Morgan fingerprint density at radius 2 is 1.31 bits per heavy atom. The van der Waals surface area contributed by atoms with E-state index in [-0.39, 0.29) is 11.5 Å². The van der Waals surface area contributed by atoms with Gasteiger partial charge in [-0.15, -0.1) is 0 Å². The van der Waals surface area contributed by atoms with Crippen molar-refractivity contribution in [2.24, 2.45) is 0 Å². The highest BCUT2D eigenvalue weighted by Crippen LogP contribution is 2.34. The number of ether oxygens (including phenoxy) is 2. The summed E-state index contributed by atoms with van der Waals surface area (Å²) < 4.78 is 61.1. The highest BCUT2D eigenvalue weighted by molar-refractivity contribution is 6.32. The molecular formula is C23H15ClF4N2O2. The van der Waals surface area contributed by atoms with E-state index in [9.17, 15) is 17.6 Å². The lowest BCUT2D eigenvalue weighted by Crippen LogP contribution is -2.03. The molecule has 0 aliphatic heterocycles. The fourth-order valence-electron chi connectivity index (χ4n) is 3.20. The lowest BCUT2D eigenvalue weighted by molar-refractivity contribution is -0.0505. The molecule has 164 valence electrons. The molecule has 1 aromatic heterocycles. The van der Waals surface area contributed by atoms with Gasteiger partial charge < -0.3 is 9.47 Å². The molecule has 0 radical (unpaired) electrons. The maximum absolute atomic E-state index is 12.7. The summed E-state index contributed by atoms with van der Waals surface area (Å²) in [5.74, 6) is -0.0306. The Morgan fingerprint density at radius 1 is 0.719 bits per heavy atom. The molecule has 4 nitrogen and oxygen atoms in total. The van der Waals surface area contributed by atoms with Crippen LogP contribution in [0.3, 0.4) is 0 Å². The van der Waals surface area contributed by atoms with Crippen molar-refractivity contribution >= 4 is 11.6 Å². The zero-order valence-electron chi connectivity index (χ0n) is 16.3. The topological polar surface area (TPSA) is 36.3 Å². The van der Waals surface area contributed by atoms with Gasteiger partial charge in [0.25, 0.3) is 0 Å². The summed E-state index contributed by atoms with van der Waals surface area (Å²) in [5.41, 5.74) is 2.60. The van der Waals surface area contributed by atoms with E-state index >= 15 is 0 Å². The summed E-state index contributed by atoms with van der Waals surface area (Å²) in [6.07, 6.45) is 0. The number of hydrogen-bond acceptors (Lipinski definition) is 3. The molecule has 0 saturated heterocycles. The minimum atomic E-state index is -2.97. The monoisotopic (exact) mass is 462 g/mol. The highest BCUT2D eigenvalue weighted by atomic mass is 35.5. The number of aromatic nitrogens is 2. The maximum Gasteiger partial charge on any atom is 0.387 e. The quantitative estimate of drug-likeness (QED) is 0.276. The van der Waals surface area contributed by atoms with Crippen molar-refractivity contribution in [3.8, 4) is 39.7 Å². The summed E-state index contributed by atoms with van der Waals surface area (Å²) in [7, 11) is 0. The van der Waals surface area contributed by atoms with Crippen LogP contribution in [0.5, 0.6) is 11.5 Å². The zero-order valence-corrected chi connectivity index (χ0v) is 17.0. The van der Waals surface area contributed by atoms with Gasteiger partial charge in [-0.2, -0.15) is 22.7 Å². The van der Waals surface area contributed by atoms with Gasteiger partial charge in [0.05, 0.1) is 22.1 Å². The van der Waals surface area contributed by atoms with Crippen molar-refractivity contribution in [1.82, 2.24) is 9.78 Å². The average molecular weight is 463 g/mol. The molecule has 0 bridgehead atoms. The Morgan fingerprint density at radius 3 is 1.94 bits per heavy atom.